The van der Waals surface area contributed by atoms with E-state index >= 15 is 0 Å². The van der Waals surface area contributed by atoms with Crippen LogP contribution in [0.1, 0.15) is 17.1 Å². The van der Waals surface area contributed by atoms with Crippen molar-refractivity contribution < 1.29 is 4.42 Å². The first-order valence-corrected chi connectivity index (χ1v) is 9.25. The Balaban J connectivity index is 0.00000240. The Bertz CT molecular complexity index is 1100. The Kier molecular flexibility index (Phi) is 6.92. The van der Waals surface area contributed by atoms with E-state index in [1.54, 1.807) is 7.05 Å². The van der Waals surface area contributed by atoms with Crippen molar-refractivity contribution in [2.75, 3.05) is 7.05 Å². The molecule has 4 rings (SSSR count). The number of imidazole rings is 1. The fourth-order valence-corrected chi connectivity index (χ4v) is 3.16. The molecule has 150 valence electrons. The maximum absolute atomic E-state index is 5.95. The maximum Gasteiger partial charge on any atom is 0.191 e. The lowest BCUT2D eigenvalue weighted by Gasteiger charge is -2.10. The lowest BCUT2D eigenvalue weighted by Crippen LogP contribution is -2.36. The molecule has 4 aromatic rings. The van der Waals surface area contributed by atoms with E-state index in [2.05, 4.69) is 50.7 Å². The molecule has 0 bridgehead atoms. The molecule has 0 fully saturated rings. The molecule has 0 amide bonds. The van der Waals surface area contributed by atoms with Crippen LogP contribution in [-0.4, -0.2) is 23.0 Å². The van der Waals surface area contributed by atoms with E-state index in [0.29, 0.717) is 19.0 Å². The molecule has 0 saturated carbocycles. The highest BCUT2D eigenvalue weighted by atomic mass is 127. The number of para-hydroxylation sites is 1. The average molecular weight is 501 g/mol. The molecule has 7 heteroatoms. The first kappa shape index (κ1) is 20.9. The molecule has 0 atom stereocenters. The number of nitrogens with one attached hydrogen (secondary N) is 3. The Morgan fingerprint density at radius 3 is 2.52 bits per heavy atom. The lowest BCUT2D eigenvalue weighted by molar-refractivity contribution is 0.534. The number of rotatable bonds is 5. The van der Waals surface area contributed by atoms with Gasteiger partial charge in [-0.1, -0.05) is 48.5 Å². The standard InChI is InChI=1S/C22H23N5O.HI/c1-15-17-10-6-7-11-19(17)28-20(15)13-25-22(23-2)26-14-21-24-12-18(27-21)16-8-4-3-5-9-16;/h3-12H,13-14H2,1-2H3,(H,24,27)(H2,23,25,26);1H. The van der Waals surface area contributed by atoms with E-state index in [1.165, 1.54) is 0 Å². The van der Waals surface area contributed by atoms with E-state index in [0.717, 1.165) is 39.4 Å². The van der Waals surface area contributed by atoms with Crippen molar-refractivity contribution in [3.8, 4) is 11.3 Å². The molecule has 0 aliphatic carbocycles. The van der Waals surface area contributed by atoms with E-state index in [4.69, 9.17) is 4.42 Å². The van der Waals surface area contributed by atoms with Crippen LogP contribution in [0.5, 0.6) is 0 Å². The average Bonchev–Trinajstić information content (AvgIpc) is 3.34. The minimum Gasteiger partial charge on any atom is -0.459 e. The van der Waals surface area contributed by atoms with Gasteiger partial charge in [0.15, 0.2) is 5.96 Å². The number of hydrogen-bond donors (Lipinski definition) is 3. The zero-order valence-electron chi connectivity index (χ0n) is 16.4. The maximum atomic E-state index is 5.95. The van der Waals surface area contributed by atoms with Gasteiger partial charge in [0, 0.05) is 18.0 Å². The number of benzene rings is 2. The number of H-pyrrole nitrogens is 1. The Morgan fingerprint density at radius 2 is 1.76 bits per heavy atom. The predicted molar refractivity (Wildman–Crippen MR) is 127 cm³/mol. The Morgan fingerprint density at radius 1 is 1.03 bits per heavy atom. The van der Waals surface area contributed by atoms with Gasteiger partial charge in [-0.2, -0.15) is 0 Å². The van der Waals surface area contributed by atoms with Crippen molar-refractivity contribution in [3.63, 3.8) is 0 Å². The molecule has 0 spiro atoms. The molecule has 0 aliphatic rings. The molecule has 2 heterocycles. The van der Waals surface area contributed by atoms with Crippen LogP contribution in [0, 0.1) is 6.92 Å². The summed E-state index contributed by atoms with van der Waals surface area (Å²) in [6, 6.07) is 18.2. The molecule has 0 aliphatic heterocycles. The van der Waals surface area contributed by atoms with Crippen LogP contribution >= 0.6 is 24.0 Å². The first-order valence-electron chi connectivity index (χ1n) is 9.25. The first-order chi connectivity index (χ1) is 13.7. The van der Waals surface area contributed by atoms with Crippen molar-refractivity contribution in [2.24, 2.45) is 4.99 Å². The number of aromatic nitrogens is 2. The SMILES string of the molecule is CN=C(NCc1ncc(-c2ccccc2)[nH]1)NCc1oc2ccccc2c1C.I. The minimum absolute atomic E-state index is 0. The molecule has 2 aromatic carbocycles. The van der Waals surface area contributed by atoms with Gasteiger partial charge in [0.25, 0.3) is 0 Å². The van der Waals surface area contributed by atoms with Crippen LogP contribution in [0.25, 0.3) is 22.2 Å². The third-order valence-corrected chi connectivity index (χ3v) is 4.72. The molecule has 0 unspecified atom stereocenters. The van der Waals surface area contributed by atoms with Gasteiger partial charge < -0.3 is 20.0 Å². The number of guanidine groups is 1. The summed E-state index contributed by atoms with van der Waals surface area (Å²) in [5.41, 5.74) is 4.17. The highest BCUT2D eigenvalue weighted by Crippen LogP contribution is 2.24. The normalized spacial score (nSPS) is 11.3. The summed E-state index contributed by atoms with van der Waals surface area (Å²) in [7, 11) is 1.75. The molecular weight excluding hydrogens is 477 g/mol. The second-order valence-corrected chi connectivity index (χ2v) is 6.54. The predicted octanol–water partition coefficient (Wildman–Crippen LogP) is 4.61. The van der Waals surface area contributed by atoms with Crippen molar-refractivity contribution in [1.82, 2.24) is 20.6 Å². The van der Waals surface area contributed by atoms with Crippen LogP contribution in [-0.2, 0) is 13.1 Å². The zero-order chi connectivity index (χ0) is 19.3. The monoisotopic (exact) mass is 501 g/mol. The van der Waals surface area contributed by atoms with Crippen LogP contribution in [0.3, 0.4) is 0 Å². The molecular formula is C22H24IN5O. The third kappa shape index (κ3) is 4.79. The highest BCUT2D eigenvalue weighted by Gasteiger charge is 2.10. The zero-order valence-corrected chi connectivity index (χ0v) is 18.7. The summed E-state index contributed by atoms with van der Waals surface area (Å²) in [6.45, 7) is 3.19. The largest absolute Gasteiger partial charge is 0.459 e. The number of aromatic amines is 1. The highest BCUT2D eigenvalue weighted by molar-refractivity contribution is 14.0. The second-order valence-electron chi connectivity index (χ2n) is 6.54. The molecule has 2 aromatic heterocycles. The van der Waals surface area contributed by atoms with E-state index < -0.39 is 0 Å². The second kappa shape index (κ2) is 9.60. The van der Waals surface area contributed by atoms with Gasteiger partial charge >= 0.3 is 0 Å². The van der Waals surface area contributed by atoms with Crippen LogP contribution in [0.2, 0.25) is 0 Å². The number of aliphatic imine (C=N–C) groups is 1. The van der Waals surface area contributed by atoms with E-state index in [-0.39, 0.29) is 24.0 Å². The summed E-state index contributed by atoms with van der Waals surface area (Å²) in [6.07, 6.45) is 1.85. The Labute approximate surface area is 186 Å². The van der Waals surface area contributed by atoms with Crippen molar-refractivity contribution in [2.45, 2.75) is 20.0 Å². The summed E-state index contributed by atoms with van der Waals surface area (Å²) in [5.74, 6) is 2.45. The fourth-order valence-electron chi connectivity index (χ4n) is 3.16. The topological polar surface area (TPSA) is 78.2 Å². The quantitative estimate of drug-likeness (QED) is 0.212. The number of hydrogen-bond acceptors (Lipinski definition) is 3. The lowest BCUT2D eigenvalue weighted by atomic mass is 10.1. The van der Waals surface area contributed by atoms with Gasteiger partial charge in [0.05, 0.1) is 25.0 Å². The fraction of sp³-hybridized carbons (Fsp3) is 0.182. The number of nitrogens with zero attached hydrogens (tertiary/aromatic N) is 2. The smallest absolute Gasteiger partial charge is 0.191 e. The minimum atomic E-state index is 0. The van der Waals surface area contributed by atoms with Gasteiger partial charge in [-0.25, -0.2) is 4.98 Å². The number of aryl methyl sites for hydroxylation is 1. The van der Waals surface area contributed by atoms with E-state index in [9.17, 15) is 0 Å². The van der Waals surface area contributed by atoms with Gasteiger partial charge in [0.1, 0.15) is 17.2 Å². The van der Waals surface area contributed by atoms with Crippen molar-refractivity contribution in [3.05, 3.63) is 77.9 Å². The summed E-state index contributed by atoms with van der Waals surface area (Å²) in [5, 5.41) is 7.72. The molecule has 0 radical (unpaired) electrons. The number of furan rings is 1. The summed E-state index contributed by atoms with van der Waals surface area (Å²) in [4.78, 5) is 12.1. The Hall–Kier alpha value is -2.81. The van der Waals surface area contributed by atoms with Crippen molar-refractivity contribution in [1.29, 1.82) is 0 Å². The van der Waals surface area contributed by atoms with Crippen molar-refractivity contribution >= 4 is 40.9 Å². The van der Waals surface area contributed by atoms with E-state index in [1.807, 2.05) is 42.6 Å². The van der Waals surface area contributed by atoms with Gasteiger partial charge in [0.2, 0.25) is 0 Å². The van der Waals surface area contributed by atoms with Gasteiger partial charge in [-0.05, 0) is 18.6 Å². The van der Waals surface area contributed by atoms with Gasteiger partial charge in [-0.3, -0.25) is 4.99 Å². The molecule has 29 heavy (non-hydrogen) atoms. The third-order valence-electron chi connectivity index (χ3n) is 4.72. The number of fused-ring (bicyclic) bond motifs is 1. The number of halogens is 1. The summed E-state index contributed by atoms with van der Waals surface area (Å²) < 4.78 is 5.95. The van der Waals surface area contributed by atoms with Crippen LogP contribution in [0.4, 0.5) is 0 Å². The molecule has 6 nitrogen and oxygen atoms in total. The summed E-state index contributed by atoms with van der Waals surface area (Å²) >= 11 is 0. The molecule has 3 N–H and O–H groups in total. The van der Waals surface area contributed by atoms with Crippen LogP contribution in [0.15, 0.2) is 70.2 Å². The van der Waals surface area contributed by atoms with Crippen LogP contribution < -0.4 is 10.6 Å². The molecule has 0 saturated heterocycles. The van der Waals surface area contributed by atoms with Gasteiger partial charge in [-0.15, -0.1) is 24.0 Å².